The fraction of sp³-hybridized carbons (Fsp3) is 0.812. The van der Waals surface area contributed by atoms with Crippen LogP contribution in [0.25, 0.3) is 0 Å². The minimum Gasteiger partial charge on any atom is -0.300 e. The Labute approximate surface area is 115 Å². The SMILES string of the molecule is CCC(=O)CCC#C[Si](C(C)C)(C(C)C)C(C)C. The zero-order chi connectivity index (χ0) is 14.3. The van der Waals surface area contributed by atoms with E-state index in [1.165, 1.54) is 0 Å². The second-order valence-electron chi connectivity index (χ2n) is 6.09. The highest BCUT2D eigenvalue weighted by atomic mass is 28.3. The predicted octanol–water partition coefficient (Wildman–Crippen LogP) is 4.97. The minimum absolute atomic E-state index is 0.329. The molecule has 0 aliphatic rings. The first-order chi connectivity index (χ1) is 8.28. The highest BCUT2D eigenvalue weighted by molar-refractivity contribution is 6.90. The van der Waals surface area contributed by atoms with Gasteiger partial charge < -0.3 is 0 Å². The van der Waals surface area contributed by atoms with Crippen molar-refractivity contribution in [2.75, 3.05) is 0 Å². The zero-order valence-corrected chi connectivity index (χ0v) is 14.3. The molecule has 0 aromatic rings. The topological polar surface area (TPSA) is 17.1 Å². The van der Waals surface area contributed by atoms with Gasteiger partial charge >= 0.3 is 0 Å². The van der Waals surface area contributed by atoms with Gasteiger partial charge in [0.25, 0.3) is 0 Å². The molecule has 1 nitrogen and oxygen atoms in total. The summed E-state index contributed by atoms with van der Waals surface area (Å²) in [6, 6.07) is 0. The summed E-state index contributed by atoms with van der Waals surface area (Å²) >= 11 is 0. The zero-order valence-electron chi connectivity index (χ0n) is 13.3. The van der Waals surface area contributed by atoms with E-state index in [9.17, 15) is 4.79 Å². The van der Waals surface area contributed by atoms with E-state index in [0.29, 0.717) is 35.2 Å². The van der Waals surface area contributed by atoms with E-state index >= 15 is 0 Å². The summed E-state index contributed by atoms with van der Waals surface area (Å²) in [5.74, 6) is 3.66. The number of rotatable bonds is 6. The Hall–Kier alpha value is -0.553. The fourth-order valence-electron chi connectivity index (χ4n) is 3.03. The molecule has 0 fully saturated rings. The summed E-state index contributed by atoms with van der Waals surface area (Å²) in [6.07, 6.45) is 2.01. The van der Waals surface area contributed by atoms with Crippen LogP contribution in [0.2, 0.25) is 16.6 Å². The van der Waals surface area contributed by atoms with Gasteiger partial charge in [0.2, 0.25) is 0 Å². The lowest BCUT2D eigenvalue weighted by molar-refractivity contribution is -0.118. The molecule has 18 heavy (non-hydrogen) atoms. The van der Waals surface area contributed by atoms with Crippen molar-refractivity contribution >= 4 is 13.9 Å². The Morgan fingerprint density at radius 2 is 1.44 bits per heavy atom. The highest BCUT2D eigenvalue weighted by Crippen LogP contribution is 2.40. The number of Topliss-reactive ketones (excluding diaryl/α,β-unsaturated/α-hetero) is 1. The second-order valence-corrected chi connectivity index (χ2v) is 11.7. The predicted molar refractivity (Wildman–Crippen MR) is 83.4 cm³/mol. The molecule has 0 bridgehead atoms. The summed E-state index contributed by atoms with van der Waals surface area (Å²) in [7, 11) is -1.58. The van der Waals surface area contributed by atoms with Crippen molar-refractivity contribution in [3.63, 3.8) is 0 Å². The van der Waals surface area contributed by atoms with Gasteiger partial charge in [0, 0.05) is 19.3 Å². The van der Waals surface area contributed by atoms with Gasteiger partial charge in [-0.1, -0.05) is 48.5 Å². The van der Waals surface area contributed by atoms with Crippen LogP contribution >= 0.6 is 0 Å². The molecule has 104 valence electrons. The molecular formula is C16H30OSi. The van der Waals surface area contributed by atoms with Gasteiger partial charge in [-0.2, -0.15) is 0 Å². The summed E-state index contributed by atoms with van der Waals surface area (Å²) < 4.78 is 0. The average Bonchev–Trinajstić information content (AvgIpc) is 2.27. The van der Waals surface area contributed by atoms with Gasteiger partial charge in [-0.15, -0.1) is 11.5 Å². The van der Waals surface area contributed by atoms with Crippen molar-refractivity contribution in [3.8, 4) is 11.5 Å². The monoisotopic (exact) mass is 266 g/mol. The summed E-state index contributed by atoms with van der Waals surface area (Å²) in [6.45, 7) is 15.8. The molecule has 0 unspecified atom stereocenters. The normalized spacial score (nSPS) is 11.9. The third-order valence-electron chi connectivity index (χ3n) is 4.09. The van der Waals surface area contributed by atoms with E-state index in [1.54, 1.807) is 0 Å². The van der Waals surface area contributed by atoms with E-state index in [-0.39, 0.29) is 0 Å². The largest absolute Gasteiger partial charge is 0.300 e. The third kappa shape index (κ3) is 4.28. The summed E-state index contributed by atoms with van der Waals surface area (Å²) in [5, 5.41) is 0. The van der Waals surface area contributed by atoms with Crippen molar-refractivity contribution in [2.24, 2.45) is 0 Å². The Balaban J connectivity index is 4.91. The van der Waals surface area contributed by atoms with Crippen LogP contribution in [0.4, 0.5) is 0 Å². The van der Waals surface area contributed by atoms with Crippen LogP contribution in [0.15, 0.2) is 0 Å². The Bertz CT molecular complexity index is 296. The molecule has 0 aliphatic heterocycles. The van der Waals surface area contributed by atoms with Gasteiger partial charge in [0.1, 0.15) is 13.9 Å². The van der Waals surface area contributed by atoms with Gasteiger partial charge in [-0.3, -0.25) is 4.79 Å². The Morgan fingerprint density at radius 3 is 1.78 bits per heavy atom. The molecule has 0 aromatic heterocycles. The maximum absolute atomic E-state index is 11.3. The van der Waals surface area contributed by atoms with Gasteiger partial charge in [0.15, 0.2) is 0 Å². The van der Waals surface area contributed by atoms with Crippen LogP contribution in [0, 0.1) is 11.5 Å². The van der Waals surface area contributed by atoms with E-state index in [4.69, 9.17) is 0 Å². The lowest BCUT2D eigenvalue weighted by atomic mass is 10.2. The van der Waals surface area contributed by atoms with Crippen LogP contribution in [-0.2, 0) is 4.79 Å². The maximum Gasteiger partial charge on any atom is 0.145 e. The van der Waals surface area contributed by atoms with E-state index < -0.39 is 8.07 Å². The fourth-order valence-corrected chi connectivity index (χ4v) is 8.32. The Morgan fingerprint density at radius 1 is 1.00 bits per heavy atom. The van der Waals surface area contributed by atoms with Gasteiger partial charge in [-0.05, 0) is 16.6 Å². The molecule has 0 spiro atoms. The third-order valence-corrected chi connectivity index (χ3v) is 10.4. The first kappa shape index (κ1) is 17.4. The molecule has 0 aromatic carbocycles. The van der Waals surface area contributed by atoms with Crippen LogP contribution in [-0.4, -0.2) is 13.9 Å². The number of hydrogen-bond donors (Lipinski definition) is 0. The van der Waals surface area contributed by atoms with Crippen molar-refractivity contribution in [2.45, 2.75) is 84.4 Å². The average molecular weight is 267 g/mol. The van der Waals surface area contributed by atoms with Crippen LogP contribution in [0.5, 0.6) is 0 Å². The smallest absolute Gasteiger partial charge is 0.145 e. The molecule has 0 atom stereocenters. The first-order valence-electron chi connectivity index (χ1n) is 7.30. The van der Waals surface area contributed by atoms with Crippen molar-refractivity contribution in [1.82, 2.24) is 0 Å². The molecule has 0 amide bonds. The first-order valence-corrected chi connectivity index (χ1v) is 9.53. The molecule has 0 radical (unpaired) electrons. The number of hydrogen-bond acceptors (Lipinski definition) is 1. The summed E-state index contributed by atoms with van der Waals surface area (Å²) in [5.41, 5.74) is 5.67. The molecular weight excluding hydrogens is 236 g/mol. The van der Waals surface area contributed by atoms with Gasteiger partial charge in [0.05, 0.1) is 0 Å². The van der Waals surface area contributed by atoms with E-state index in [1.807, 2.05) is 6.92 Å². The highest BCUT2D eigenvalue weighted by Gasteiger charge is 2.41. The molecule has 0 saturated heterocycles. The van der Waals surface area contributed by atoms with Crippen LogP contribution in [0.3, 0.4) is 0 Å². The molecule has 2 heteroatoms. The molecule has 0 heterocycles. The van der Waals surface area contributed by atoms with Crippen molar-refractivity contribution in [1.29, 1.82) is 0 Å². The number of carbonyl (C=O) groups is 1. The number of carbonyl (C=O) groups excluding carboxylic acids is 1. The van der Waals surface area contributed by atoms with E-state index in [0.717, 1.165) is 6.42 Å². The molecule has 0 saturated carbocycles. The summed E-state index contributed by atoms with van der Waals surface area (Å²) in [4.78, 5) is 11.3. The quantitative estimate of drug-likeness (QED) is 0.490. The molecule has 0 rings (SSSR count). The maximum atomic E-state index is 11.3. The lowest BCUT2D eigenvalue weighted by Gasteiger charge is -2.38. The Kier molecular flexibility index (Phi) is 7.55. The van der Waals surface area contributed by atoms with Crippen molar-refractivity contribution in [3.05, 3.63) is 0 Å². The van der Waals surface area contributed by atoms with Crippen LogP contribution < -0.4 is 0 Å². The molecule has 0 aliphatic carbocycles. The second kappa shape index (κ2) is 7.79. The molecule has 0 N–H and O–H groups in total. The van der Waals surface area contributed by atoms with Crippen LogP contribution in [0.1, 0.15) is 67.7 Å². The van der Waals surface area contributed by atoms with E-state index in [2.05, 4.69) is 53.0 Å². The van der Waals surface area contributed by atoms with Crippen molar-refractivity contribution < 1.29 is 4.79 Å². The number of ketones is 1. The van der Waals surface area contributed by atoms with Gasteiger partial charge in [-0.25, -0.2) is 0 Å². The standard InChI is InChI=1S/C16H30OSi/c1-8-16(17)11-9-10-12-18(13(2)3,14(4)5)15(6)7/h13-15H,8-9,11H2,1-7H3. The minimum atomic E-state index is -1.58. The lowest BCUT2D eigenvalue weighted by Crippen LogP contribution is -2.43.